The van der Waals surface area contributed by atoms with Gasteiger partial charge in [-0.25, -0.2) is 0 Å². The van der Waals surface area contributed by atoms with Crippen LogP contribution in [-0.2, 0) is 16.1 Å². The second-order valence-corrected chi connectivity index (χ2v) is 6.44. The Bertz CT molecular complexity index is 898. The highest BCUT2D eigenvalue weighted by Gasteiger charge is 2.28. The van der Waals surface area contributed by atoms with E-state index < -0.39 is 0 Å². The van der Waals surface area contributed by atoms with E-state index >= 15 is 0 Å². The van der Waals surface area contributed by atoms with Crippen molar-refractivity contribution >= 4 is 23.4 Å². The molecule has 0 saturated carbocycles. The van der Waals surface area contributed by atoms with E-state index in [9.17, 15) is 14.4 Å². The molecule has 3 amide bonds. The molecule has 2 aromatic rings. The zero-order valence-electron chi connectivity index (χ0n) is 16.5. The van der Waals surface area contributed by atoms with Crippen LogP contribution in [0, 0.1) is 0 Å². The predicted molar refractivity (Wildman–Crippen MR) is 105 cm³/mol. The molecular weight excluding hydrogens is 376 g/mol. The highest BCUT2D eigenvalue weighted by atomic mass is 16.5. The van der Waals surface area contributed by atoms with E-state index in [0.717, 1.165) is 5.56 Å². The number of benzene rings is 2. The first-order valence-corrected chi connectivity index (χ1v) is 9.00. The Morgan fingerprint density at radius 1 is 0.931 bits per heavy atom. The molecule has 152 valence electrons. The number of methoxy groups -OCH3 is 3. The molecule has 1 N–H and O–H groups in total. The molecule has 8 heteroatoms. The summed E-state index contributed by atoms with van der Waals surface area (Å²) >= 11 is 0. The highest BCUT2D eigenvalue weighted by molar-refractivity contribution is 6.05. The van der Waals surface area contributed by atoms with E-state index in [0.29, 0.717) is 28.5 Å². The van der Waals surface area contributed by atoms with Crippen molar-refractivity contribution in [3.63, 3.8) is 0 Å². The van der Waals surface area contributed by atoms with Crippen LogP contribution >= 0.6 is 0 Å². The first-order valence-electron chi connectivity index (χ1n) is 9.00. The fraction of sp³-hybridized carbons (Fsp3) is 0.286. The highest BCUT2D eigenvalue weighted by Crippen LogP contribution is 2.38. The summed E-state index contributed by atoms with van der Waals surface area (Å²) in [6.07, 6.45) is 0.531. The van der Waals surface area contributed by atoms with Crippen molar-refractivity contribution < 1.29 is 28.6 Å². The number of ether oxygens (including phenoxy) is 3. The smallest absolute Gasteiger partial charge is 0.255 e. The van der Waals surface area contributed by atoms with E-state index in [2.05, 4.69) is 5.32 Å². The molecule has 0 radical (unpaired) electrons. The molecule has 0 aliphatic carbocycles. The SMILES string of the molecule is COc1cc(C(=O)Nc2ccc(CN3C(=O)CCC3=O)cc2)cc(OC)c1OC. The number of hydrogen-bond donors (Lipinski definition) is 1. The molecule has 0 aromatic heterocycles. The van der Waals surface area contributed by atoms with Crippen molar-refractivity contribution in [2.24, 2.45) is 0 Å². The van der Waals surface area contributed by atoms with Gasteiger partial charge in [-0.05, 0) is 29.8 Å². The number of nitrogens with zero attached hydrogens (tertiary/aromatic N) is 1. The molecule has 1 fully saturated rings. The summed E-state index contributed by atoms with van der Waals surface area (Å²) in [7, 11) is 4.45. The number of carbonyl (C=O) groups is 3. The van der Waals surface area contributed by atoms with Crippen LogP contribution in [0.25, 0.3) is 0 Å². The Labute approximate surface area is 168 Å². The van der Waals surface area contributed by atoms with E-state index in [1.807, 2.05) is 0 Å². The van der Waals surface area contributed by atoms with Gasteiger partial charge in [0.1, 0.15) is 0 Å². The molecule has 0 atom stereocenters. The van der Waals surface area contributed by atoms with E-state index in [-0.39, 0.29) is 37.1 Å². The number of rotatable bonds is 7. The standard InChI is InChI=1S/C21H22N2O6/c1-27-16-10-14(11-17(28-2)20(16)29-3)21(26)22-15-6-4-13(5-7-15)12-23-18(24)8-9-19(23)25/h4-7,10-11H,8-9,12H2,1-3H3,(H,22,26). The summed E-state index contributed by atoms with van der Waals surface area (Å²) in [5.41, 5.74) is 1.72. The number of amides is 3. The van der Waals surface area contributed by atoms with Gasteiger partial charge in [0, 0.05) is 24.1 Å². The van der Waals surface area contributed by atoms with Crippen LogP contribution in [-0.4, -0.2) is 44.0 Å². The largest absolute Gasteiger partial charge is 0.493 e. The van der Waals surface area contributed by atoms with Crippen LogP contribution < -0.4 is 19.5 Å². The van der Waals surface area contributed by atoms with Gasteiger partial charge in [-0.1, -0.05) is 12.1 Å². The maximum atomic E-state index is 12.6. The Kier molecular flexibility index (Phi) is 6.01. The van der Waals surface area contributed by atoms with Crippen LogP contribution in [0.3, 0.4) is 0 Å². The molecule has 1 aliphatic heterocycles. The summed E-state index contributed by atoms with van der Waals surface area (Å²) < 4.78 is 15.8. The maximum absolute atomic E-state index is 12.6. The third-order valence-electron chi connectivity index (χ3n) is 4.63. The van der Waals surface area contributed by atoms with Crippen molar-refractivity contribution in [1.82, 2.24) is 4.90 Å². The summed E-state index contributed by atoms with van der Waals surface area (Å²) in [5, 5.41) is 2.80. The van der Waals surface area contributed by atoms with Crippen LogP contribution in [0.2, 0.25) is 0 Å². The maximum Gasteiger partial charge on any atom is 0.255 e. The molecule has 0 spiro atoms. The van der Waals surface area contributed by atoms with Crippen LogP contribution in [0.15, 0.2) is 36.4 Å². The number of imide groups is 1. The fourth-order valence-corrected chi connectivity index (χ4v) is 3.09. The first kappa shape index (κ1) is 20.2. The first-order chi connectivity index (χ1) is 14.0. The lowest BCUT2D eigenvalue weighted by Crippen LogP contribution is -2.28. The van der Waals surface area contributed by atoms with Crippen molar-refractivity contribution in [1.29, 1.82) is 0 Å². The minimum absolute atomic E-state index is 0.158. The van der Waals surface area contributed by atoms with Crippen molar-refractivity contribution in [2.75, 3.05) is 26.6 Å². The molecule has 3 rings (SSSR count). The summed E-state index contributed by atoms with van der Waals surface area (Å²) in [5.74, 6) is 0.507. The third-order valence-corrected chi connectivity index (χ3v) is 4.63. The summed E-state index contributed by atoms with van der Waals surface area (Å²) in [6, 6.07) is 10.1. The van der Waals surface area contributed by atoms with Gasteiger partial charge in [-0.2, -0.15) is 0 Å². The molecule has 29 heavy (non-hydrogen) atoms. The second kappa shape index (κ2) is 8.64. The molecule has 1 aliphatic rings. The molecule has 0 bridgehead atoms. The van der Waals surface area contributed by atoms with Crippen molar-refractivity contribution in [3.8, 4) is 17.2 Å². The zero-order valence-corrected chi connectivity index (χ0v) is 16.5. The summed E-state index contributed by atoms with van der Waals surface area (Å²) in [4.78, 5) is 37.3. The minimum Gasteiger partial charge on any atom is -0.493 e. The molecule has 2 aromatic carbocycles. The van der Waals surface area contributed by atoms with Gasteiger partial charge in [0.2, 0.25) is 17.6 Å². The quantitative estimate of drug-likeness (QED) is 0.721. The Balaban J connectivity index is 1.72. The van der Waals surface area contributed by atoms with Gasteiger partial charge in [-0.3, -0.25) is 19.3 Å². The monoisotopic (exact) mass is 398 g/mol. The van der Waals surface area contributed by atoms with E-state index in [1.165, 1.54) is 26.2 Å². The number of likely N-dealkylation sites (tertiary alicyclic amines) is 1. The van der Waals surface area contributed by atoms with Gasteiger partial charge < -0.3 is 19.5 Å². The van der Waals surface area contributed by atoms with Crippen LogP contribution in [0.4, 0.5) is 5.69 Å². The summed E-state index contributed by atoms with van der Waals surface area (Å²) in [6.45, 7) is 0.235. The molecule has 0 unspecified atom stereocenters. The average molecular weight is 398 g/mol. The Hall–Kier alpha value is -3.55. The lowest BCUT2D eigenvalue weighted by Gasteiger charge is -2.15. The van der Waals surface area contributed by atoms with Gasteiger partial charge >= 0.3 is 0 Å². The fourth-order valence-electron chi connectivity index (χ4n) is 3.09. The van der Waals surface area contributed by atoms with E-state index in [4.69, 9.17) is 14.2 Å². The van der Waals surface area contributed by atoms with Crippen LogP contribution in [0.5, 0.6) is 17.2 Å². The van der Waals surface area contributed by atoms with Gasteiger partial charge in [0.15, 0.2) is 11.5 Å². The molecular formula is C21H22N2O6. The van der Waals surface area contributed by atoms with Gasteiger partial charge in [0.25, 0.3) is 5.91 Å². The topological polar surface area (TPSA) is 94.2 Å². The van der Waals surface area contributed by atoms with Crippen molar-refractivity contribution in [3.05, 3.63) is 47.5 Å². The van der Waals surface area contributed by atoms with Gasteiger partial charge in [-0.15, -0.1) is 0 Å². The minimum atomic E-state index is -0.345. The van der Waals surface area contributed by atoms with Gasteiger partial charge in [0.05, 0.1) is 27.9 Å². The zero-order chi connectivity index (χ0) is 21.0. The lowest BCUT2D eigenvalue weighted by molar-refractivity contribution is -0.139. The normalized spacial score (nSPS) is 13.4. The Morgan fingerprint density at radius 3 is 1.97 bits per heavy atom. The third kappa shape index (κ3) is 4.31. The second-order valence-electron chi connectivity index (χ2n) is 6.44. The number of anilines is 1. The predicted octanol–water partition coefficient (Wildman–Crippen LogP) is 2.61. The number of nitrogens with one attached hydrogen (secondary N) is 1. The molecule has 1 saturated heterocycles. The van der Waals surface area contributed by atoms with Crippen molar-refractivity contribution in [2.45, 2.75) is 19.4 Å². The molecule has 8 nitrogen and oxygen atoms in total. The lowest BCUT2D eigenvalue weighted by atomic mass is 10.1. The van der Waals surface area contributed by atoms with Crippen LogP contribution in [0.1, 0.15) is 28.8 Å². The average Bonchev–Trinajstić information content (AvgIpc) is 3.05. The van der Waals surface area contributed by atoms with E-state index in [1.54, 1.807) is 36.4 Å². The number of carbonyl (C=O) groups excluding carboxylic acids is 3. The number of hydrogen-bond acceptors (Lipinski definition) is 6. The Morgan fingerprint density at radius 2 is 1.48 bits per heavy atom. The molecule has 1 heterocycles.